The van der Waals surface area contributed by atoms with Crippen molar-refractivity contribution in [3.63, 3.8) is 0 Å². The molecule has 3 N–H and O–H groups in total. The smallest absolute Gasteiger partial charge is 0.163 e. The quantitative estimate of drug-likeness (QED) is 0.622. The minimum Gasteiger partial charge on any atom is -0.376 e. The van der Waals surface area contributed by atoms with Crippen LogP contribution in [0.1, 0.15) is 33.1 Å². The standard InChI is InChI=1S/C8H18N2S/c1-3-4-7(2)5-6-10-8(9)11/h7H,3-6H2,1-2H3,(H3,9,10,11)/t7-/m0/s1. The zero-order chi connectivity index (χ0) is 8.69. The van der Waals surface area contributed by atoms with Crippen LogP contribution >= 0.6 is 12.2 Å². The van der Waals surface area contributed by atoms with Gasteiger partial charge < -0.3 is 11.1 Å². The summed E-state index contributed by atoms with van der Waals surface area (Å²) >= 11 is 4.68. The van der Waals surface area contributed by atoms with E-state index in [1.54, 1.807) is 0 Å². The summed E-state index contributed by atoms with van der Waals surface area (Å²) in [6.45, 7) is 5.37. The van der Waals surface area contributed by atoms with E-state index in [9.17, 15) is 0 Å². The fourth-order valence-electron chi connectivity index (χ4n) is 1.08. The van der Waals surface area contributed by atoms with Crippen molar-refractivity contribution in [2.45, 2.75) is 33.1 Å². The molecule has 11 heavy (non-hydrogen) atoms. The predicted octanol–water partition coefficient (Wildman–Crippen LogP) is 1.65. The van der Waals surface area contributed by atoms with Crippen LogP contribution in [-0.2, 0) is 0 Å². The van der Waals surface area contributed by atoms with Crippen LogP contribution < -0.4 is 11.1 Å². The number of hydrogen-bond acceptors (Lipinski definition) is 1. The predicted molar refractivity (Wildman–Crippen MR) is 53.5 cm³/mol. The first kappa shape index (κ1) is 10.7. The van der Waals surface area contributed by atoms with E-state index in [4.69, 9.17) is 5.73 Å². The van der Waals surface area contributed by atoms with E-state index in [0.29, 0.717) is 5.11 Å². The monoisotopic (exact) mass is 174 g/mol. The van der Waals surface area contributed by atoms with Crippen molar-refractivity contribution in [3.8, 4) is 0 Å². The van der Waals surface area contributed by atoms with E-state index >= 15 is 0 Å². The molecule has 0 saturated heterocycles. The summed E-state index contributed by atoms with van der Waals surface area (Å²) in [6.07, 6.45) is 3.71. The molecule has 0 heterocycles. The van der Waals surface area contributed by atoms with Gasteiger partial charge in [-0.3, -0.25) is 0 Å². The van der Waals surface area contributed by atoms with Crippen molar-refractivity contribution < 1.29 is 0 Å². The van der Waals surface area contributed by atoms with Gasteiger partial charge in [0.15, 0.2) is 5.11 Å². The maximum Gasteiger partial charge on any atom is 0.163 e. The highest BCUT2D eigenvalue weighted by atomic mass is 32.1. The van der Waals surface area contributed by atoms with Crippen LogP contribution in [0.3, 0.4) is 0 Å². The number of rotatable bonds is 5. The van der Waals surface area contributed by atoms with E-state index in [1.807, 2.05) is 0 Å². The first-order valence-electron chi connectivity index (χ1n) is 4.20. The maximum atomic E-state index is 5.27. The lowest BCUT2D eigenvalue weighted by molar-refractivity contribution is 0.484. The van der Waals surface area contributed by atoms with Gasteiger partial charge in [0, 0.05) is 6.54 Å². The van der Waals surface area contributed by atoms with Crippen molar-refractivity contribution in [1.29, 1.82) is 0 Å². The molecule has 1 atom stereocenters. The molecule has 0 aliphatic rings. The average molecular weight is 174 g/mol. The normalized spacial score (nSPS) is 12.5. The van der Waals surface area contributed by atoms with Gasteiger partial charge in [0.25, 0.3) is 0 Å². The zero-order valence-corrected chi connectivity index (χ0v) is 8.21. The Morgan fingerprint density at radius 1 is 1.55 bits per heavy atom. The molecule has 0 unspecified atom stereocenters. The fourth-order valence-corrected chi connectivity index (χ4v) is 1.18. The minimum absolute atomic E-state index is 0.411. The molecule has 0 aromatic heterocycles. The fraction of sp³-hybridized carbons (Fsp3) is 0.875. The highest BCUT2D eigenvalue weighted by molar-refractivity contribution is 7.80. The maximum absolute atomic E-state index is 5.27. The van der Waals surface area contributed by atoms with Crippen LogP contribution in [-0.4, -0.2) is 11.7 Å². The second kappa shape index (κ2) is 6.40. The molecule has 3 heteroatoms. The van der Waals surface area contributed by atoms with Crippen LogP contribution in [0, 0.1) is 5.92 Å². The van der Waals surface area contributed by atoms with Gasteiger partial charge in [-0.25, -0.2) is 0 Å². The summed E-state index contributed by atoms with van der Waals surface area (Å²) in [6, 6.07) is 0. The molecule has 66 valence electrons. The lowest BCUT2D eigenvalue weighted by Gasteiger charge is -2.09. The summed E-state index contributed by atoms with van der Waals surface area (Å²) < 4.78 is 0. The SMILES string of the molecule is CCC[C@H](C)CCNC(N)=S. The Kier molecular flexibility index (Phi) is 6.22. The molecule has 0 aromatic carbocycles. The molecule has 0 aromatic rings. The van der Waals surface area contributed by atoms with E-state index < -0.39 is 0 Å². The lowest BCUT2D eigenvalue weighted by Crippen LogP contribution is -2.30. The second-order valence-corrected chi connectivity index (χ2v) is 3.41. The highest BCUT2D eigenvalue weighted by Gasteiger charge is 1.99. The van der Waals surface area contributed by atoms with Crippen LogP contribution in [0.5, 0.6) is 0 Å². The Morgan fingerprint density at radius 2 is 2.18 bits per heavy atom. The Bertz CT molecular complexity index is 115. The molecular formula is C8H18N2S. The zero-order valence-electron chi connectivity index (χ0n) is 7.39. The first-order valence-corrected chi connectivity index (χ1v) is 4.61. The molecule has 0 aliphatic carbocycles. The molecule has 0 saturated carbocycles. The molecule has 0 rings (SSSR count). The van der Waals surface area contributed by atoms with Gasteiger partial charge in [-0.05, 0) is 24.6 Å². The van der Waals surface area contributed by atoms with Gasteiger partial charge in [-0.1, -0.05) is 26.7 Å². The molecule has 0 radical (unpaired) electrons. The van der Waals surface area contributed by atoms with Gasteiger partial charge in [0.1, 0.15) is 0 Å². The van der Waals surface area contributed by atoms with Gasteiger partial charge in [0.05, 0.1) is 0 Å². The summed E-state index contributed by atoms with van der Waals surface area (Å²) in [4.78, 5) is 0. The van der Waals surface area contributed by atoms with Crippen LogP contribution in [0.4, 0.5) is 0 Å². The Labute approximate surface area is 74.5 Å². The van der Waals surface area contributed by atoms with Crippen molar-refractivity contribution in [3.05, 3.63) is 0 Å². The van der Waals surface area contributed by atoms with Crippen molar-refractivity contribution >= 4 is 17.3 Å². The van der Waals surface area contributed by atoms with E-state index in [0.717, 1.165) is 18.9 Å². The minimum atomic E-state index is 0.411. The molecule has 0 spiro atoms. The number of hydrogen-bond donors (Lipinski definition) is 2. The topological polar surface area (TPSA) is 38.0 Å². The van der Waals surface area contributed by atoms with Gasteiger partial charge in [-0.15, -0.1) is 0 Å². The number of nitrogens with one attached hydrogen (secondary N) is 1. The molecule has 0 fully saturated rings. The van der Waals surface area contributed by atoms with Gasteiger partial charge in [-0.2, -0.15) is 0 Å². The highest BCUT2D eigenvalue weighted by Crippen LogP contribution is 2.07. The van der Waals surface area contributed by atoms with Crippen molar-refractivity contribution in [2.24, 2.45) is 11.7 Å². The van der Waals surface area contributed by atoms with E-state index in [2.05, 4.69) is 31.4 Å². The second-order valence-electron chi connectivity index (χ2n) is 2.97. The van der Waals surface area contributed by atoms with Gasteiger partial charge in [0.2, 0.25) is 0 Å². The van der Waals surface area contributed by atoms with Crippen LogP contribution in [0.15, 0.2) is 0 Å². The summed E-state index contributed by atoms with van der Waals surface area (Å²) in [7, 11) is 0. The Hall–Kier alpha value is -0.310. The third kappa shape index (κ3) is 7.59. The third-order valence-electron chi connectivity index (χ3n) is 1.72. The largest absolute Gasteiger partial charge is 0.376 e. The molecule has 0 aliphatic heterocycles. The lowest BCUT2D eigenvalue weighted by atomic mass is 10.0. The summed E-state index contributed by atoms with van der Waals surface area (Å²) in [5.41, 5.74) is 5.27. The summed E-state index contributed by atoms with van der Waals surface area (Å²) in [5, 5.41) is 3.35. The molecular weight excluding hydrogens is 156 g/mol. The Morgan fingerprint density at radius 3 is 2.64 bits per heavy atom. The van der Waals surface area contributed by atoms with E-state index in [1.165, 1.54) is 12.8 Å². The van der Waals surface area contributed by atoms with Crippen molar-refractivity contribution in [1.82, 2.24) is 5.32 Å². The number of nitrogens with two attached hydrogens (primary N) is 1. The Balaban J connectivity index is 3.16. The van der Waals surface area contributed by atoms with E-state index in [-0.39, 0.29) is 0 Å². The van der Waals surface area contributed by atoms with Gasteiger partial charge >= 0.3 is 0 Å². The third-order valence-corrected chi connectivity index (χ3v) is 1.86. The first-order chi connectivity index (χ1) is 5.16. The molecule has 2 nitrogen and oxygen atoms in total. The van der Waals surface area contributed by atoms with Crippen LogP contribution in [0.2, 0.25) is 0 Å². The molecule has 0 bridgehead atoms. The summed E-state index contributed by atoms with van der Waals surface area (Å²) in [5.74, 6) is 0.779. The van der Waals surface area contributed by atoms with Crippen LogP contribution in [0.25, 0.3) is 0 Å². The van der Waals surface area contributed by atoms with Crippen molar-refractivity contribution in [2.75, 3.05) is 6.54 Å². The number of thiocarbonyl (C=S) groups is 1. The average Bonchev–Trinajstić information content (AvgIpc) is 1.87. The molecule has 0 amide bonds.